The lowest BCUT2D eigenvalue weighted by molar-refractivity contribution is -0.108. The molecule has 5 heteroatoms. The number of pyridine rings is 2. The first-order chi connectivity index (χ1) is 27.5. The van der Waals surface area contributed by atoms with Gasteiger partial charge in [-0.2, -0.15) is 0 Å². The minimum Gasteiger partial charge on any atom is -0.384 e. The number of Topliss-reactive ketones (excluding diaryl/α,β-unsaturated/α-hetero) is 1. The predicted molar refractivity (Wildman–Crippen MR) is 231 cm³/mol. The summed E-state index contributed by atoms with van der Waals surface area (Å²) in [5.74, 6) is 0.926. The van der Waals surface area contributed by atoms with E-state index in [9.17, 15) is 0 Å². The summed E-state index contributed by atoms with van der Waals surface area (Å²) in [5, 5.41) is 0. The largest absolute Gasteiger partial charge is 0.384 e. The van der Waals surface area contributed by atoms with Crippen molar-refractivity contribution >= 4 is 39.7 Å². The molecule has 56 heavy (non-hydrogen) atoms. The number of allylic oxidation sites excluding steroid dienone is 4. The van der Waals surface area contributed by atoms with Crippen LogP contribution < -0.4 is 11.5 Å². The molecule has 0 spiro atoms. The van der Waals surface area contributed by atoms with Crippen LogP contribution in [0.4, 0.5) is 11.6 Å². The Hall–Kier alpha value is -7.63. The van der Waals surface area contributed by atoms with E-state index in [2.05, 4.69) is 131 Å². The summed E-state index contributed by atoms with van der Waals surface area (Å²) < 4.78 is 0. The molecule has 0 amide bonds. The molecule has 9 rings (SSSR count). The minimum atomic E-state index is -0.0199. The molecule has 5 nitrogen and oxygen atoms in total. The number of carbonyl (C=O) groups excluding carboxylic acids is 1. The summed E-state index contributed by atoms with van der Waals surface area (Å²) in [5.41, 5.74) is 26.8. The first-order valence-electron chi connectivity index (χ1n) is 18.5. The van der Waals surface area contributed by atoms with E-state index >= 15 is 4.79 Å². The molecule has 0 saturated carbocycles. The average Bonchev–Trinajstić information content (AvgIpc) is 3.57. The standard InChI is InChI=1S/C51H36N4O/c52-45-29-27-43(31-54-45)37-15-19-39(20-16-37)47-48(40-21-17-38(18-22-40)44-28-30-46(53)55-32-44)50(42-25-13-36(14-26-42)34-9-5-2-6-10-34)51(56)49(47)41-23-11-35(12-24-41)33-7-3-1-4-8-33/h1-32H,(H2,52,54)(H2,53,55). The van der Waals surface area contributed by atoms with E-state index in [1.807, 2.05) is 48.5 Å². The van der Waals surface area contributed by atoms with Gasteiger partial charge in [-0.15, -0.1) is 0 Å². The van der Waals surface area contributed by atoms with E-state index in [-0.39, 0.29) is 5.78 Å². The number of aromatic nitrogens is 2. The van der Waals surface area contributed by atoms with Crippen LogP contribution in [0.2, 0.25) is 0 Å². The number of nitrogen functional groups attached to an aromatic ring is 2. The quantitative estimate of drug-likeness (QED) is 0.163. The molecular weight excluding hydrogens is 685 g/mol. The summed E-state index contributed by atoms with van der Waals surface area (Å²) in [6, 6.07) is 61.5. The average molecular weight is 721 g/mol. The SMILES string of the molecule is Nc1ccc(-c2ccc(C3=C(c4ccc(-c5ccccc5)cc4)C(=O)C(c4ccc(-c5ccccc5)cc4)=C3c3ccc(-c4ccc(N)nc4)cc3)cc2)cn1. The number of nitrogens with zero attached hydrogens (tertiary/aromatic N) is 2. The van der Waals surface area contributed by atoms with Crippen LogP contribution in [0, 0.1) is 0 Å². The lowest BCUT2D eigenvalue weighted by atomic mass is 9.87. The molecule has 6 aromatic carbocycles. The van der Waals surface area contributed by atoms with Crippen molar-refractivity contribution in [2.75, 3.05) is 11.5 Å². The minimum absolute atomic E-state index is 0.0199. The predicted octanol–water partition coefficient (Wildman–Crippen LogP) is 11.4. The van der Waals surface area contributed by atoms with Gasteiger partial charge in [0.2, 0.25) is 0 Å². The van der Waals surface area contributed by atoms with E-state index in [1.54, 1.807) is 24.5 Å². The van der Waals surface area contributed by atoms with Crippen LogP contribution in [0.15, 0.2) is 194 Å². The number of anilines is 2. The Morgan fingerprint density at radius 2 is 0.518 bits per heavy atom. The fourth-order valence-electron chi connectivity index (χ4n) is 7.46. The van der Waals surface area contributed by atoms with Gasteiger partial charge in [-0.05, 0) is 79.9 Å². The second kappa shape index (κ2) is 14.7. The van der Waals surface area contributed by atoms with Crippen LogP contribution in [0.3, 0.4) is 0 Å². The lowest BCUT2D eigenvalue weighted by Gasteiger charge is -2.15. The highest BCUT2D eigenvalue weighted by Crippen LogP contribution is 2.50. The lowest BCUT2D eigenvalue weighted by Crippen LogP contribution is -2.02. The second-order valence-electron chi connectivity index (χ2n) is 13.8. The van der Waals surface area contributed by atoms with Gasteiger partial charge >= 0.3 is 0 Å². The van der Waals surface area contributed by atoms with Crippen molar-refractivity contribution < 1.29 is 4.79 Å². The van der Waals surface area contributed by atoms with E-state index in [0.717, 1.165) is 77.9 Å². The van der Waals surface area contributed by atoms with E-state index in [4.69, 9.17) is 11.5 Å². The Labute approximate surface area is 326 Å². The molecule has 2 aromatic heterocycles. The molecule has 0 saturated heterocycles. The van der Waals surface area contributed by atoms with Gasteiger partial charge in [0.15, 0.2) is 5.78 Å². The van der Waals surface area contributed by atoms with E-state index in [0.29, 0.717) is 22.8 Å². The monoisotopic (exact) mass is 720 g/mol. The third-order valence-electron chi connectivity index (χ3n) is 10.4. The molecular formula is C51H36N4O. The van der Waals surface area contributed by atoms with Crippen LogP contribution in [-0.4, -0.2) is 15.8 Å². The zero-order valence-corrected chi connectivity index (χ0v) is 30.4. The molecule has 0 bridgehead atoms. The molecule has 2 heterocycles. The Morgan fingerprint density at radius 1 is 0.268 bits per heavy atom. The van der Waals surface area contributed by atoms with Gasteiger partial charge in [-0.25, -0.2) is 9.97 Å². The fourth-order valence-corrected chi connectivity index (χ4v) is 7.46. The maximum absolute atomic E-state index is 15.3. The summed E-state index contributed by atoms with van der Waals surface area (Å²) in [6.45, 7) is 0. The van der Waals surface area contributed by atoms with Crippen molar-refractivity contribution in [3.8, 4) is 44.5 Å². The Bertz CT molecular complexity index is 2540. The van der Waals surface area contributed by atoms with Gasteiger partial charge in [0.1, 0.15) is 11.6 Å². The number of hydrogen-bond acceptors (Lipinski definition) is 5. The molecule has 266 valence electrons. The van der Waals surface area contributed by atoms with Crippen molar-refractivity contribution in [1.29, 1.82) is 0 Å². The summed E-state index contributed by atoms with van der Waals surface area (Å²) in [6.07, 6.45) is 3.56. The molecule has 0 aliphatic heterocycles. The van der Waals surface area contributed by atoms with E-state index < -0.39 is 0 Å². The summed E-state index contributed by atoms with van der Waals surface area (Å²) in [4.78, 5) is 23.9. The second-order valence-corrected chi connectivity index (χ2v) is 13.8. The van der Waals surface area contributed by atoms with Crippen LogP contribution in [0.1, 0.15) is 22.3 Å². The maximum Gasteiger partial charge on any atom is 0.195 e. The van der Waals surface area contributed by atoms with Crippen LogP contribution in [0.25, 0.3) is 66.8 Å². The first-order valence-corrected chi connectivity index (χ1v) is 18.5. The number of rotatable bonds is 8. The zero-order chi connectivity index (χ0) is 38.0. The topological polar surface area (TPSA) is 94.9 Å². The smallest absolute Gasteiger partial charge is 0.195 e. The molecule has 0 unspecified atom stereocenters. The van der Waals surface area contributed by atoms with Gasteiger partial charge in [0.05, 0.1) is 0 Å². The van der Waals surface area contributed by atoms with E-state index in [1.165, 1.54) is 0 Å². The molecule has 0 radical (unpaired) electrons. The summed E-state index contributed by atoms with van der Waals surface area (Å²) >= 11 is 0. The molecule has 0 atom stereocenters. The fraction of sp³-hybridized carbons (Fsp3) is 0. The number of hydrogen-bond donors (Lipinski definition) is 2. The maximum atomic E-state index is 15.3. The van der Waals surface area contributed by atoms with Crippen molar-refractivity contribution in [2.24, 2.45) is 0 Å². The highest BCUT2D eigenvalue weighted by molar-refractivity contribution is 6.59. The van der Waals surface area contributed by atoms with Crippen LogP contribution in [0.5, 0.6) is 0 Å². The van der Waals surface area contributed by atoms with Gasteiger partial charge in [-0.3, -0.25) is 4.79 Å². The molecule has 1 aliphatic rings. The van der Waals surface area contributed by atoms with Gasteiger partial charge < -0.3 is 11.5 Å². The van der Waals surface area contributed by atoms with Gasteiger partial charge in [-0.1, -0.05) is 158 Å². The van der Waals surface area contributed by atoms with Gasteiger partial charge in [0, 0.05) is 45.8 Å². The highest BCUT2D eigenvalue weighted by atomic mass is 16.1. The Balaban J connectivity index is 1.24. The van der Waals surface area contributed by atoms with Crippen molar-refractivity contribution in [3.05, 3.63) is 217 Å². The molecule has 0 fully saturated rings. The summed E-state index contributed by atoms with van der Waals surface area (Å²) in [7, 11) is 0. The van der Waals surface area contributed by atoms with Crippen LogP contribution >= 0.6 is 0 Å². The number of benzene rings is 6. The Kier molecular flexibility index (Phi) is 8.94. The van der Waals surface area contributed by atoms with Gasteiger partial charge in [0.25, 0.3) is 0 Å². The third-order valence-corrected chi connectivity index (χ3v) is 10.4. The normalized spacial score (nSPS) is 12.7. The number of ketones is 1. The third kappa shape index (κ3) is 6.59. The molecule has 1 aliphatic carbocycles. The zero-order valence-electron chi connectivity index (χ0n) is 30.4. The first kappa shape index (κ1) is 34.2. The van der Waals surface area contributed by atoms with Crippen molar-refractivity contribution in [3.63, 3.8) is 0 Å². The molecule has 4 N–H and O–H groups in total. The highest BCUT2D eigenvalue weighted by Gasteiger charge is 2.35. The van der Waals surface area contributed by atoms with Crippen molar-refractivity contribution in [1.82, 2.24) is 9.97 Å². The van der Waals surface area contributed by atoms with Crippen molar-refractivity contribution in [2.45, 2.75) is 0 Å². The number of nitrogens with two attached hydrogens (primary N) is 2. The number of carbonyl (C=O) groups is 1. The van der Waals surface area contributed by atoms with Crippen LogP contribution in [-0.2, 0) is 4.79 Å². The Morgan fingerprint density at radius 3 is 0.821 bits per heavy atom. The molecule has 8 aromatic rings.